The third kappa shape index (κ3) is 3.35. The van der Waals surface area contributed by atoms with Crippen LogP contribution >= 0.6 is 15.9 Å². The average Bonchev–Trinajstić information content (AvgIpc) is 2.51. The molecule has 1 aromatic rings. The van der Waals surface area contributed by atoms with Crippen molar-refractivity contribution >= 4 is 15.9 Å². The average molecular weight is 342 g/mol. The van der Waals surface area contributed by atoms with Gasteiger partial charge in [-0.2, -0.15) is 0 Å². The highest BCUT2D eigenvalue weighted by Gasteiger charge is 2.47. The monoisotopic (exact) mass is 341 g/mol. The van der Waals surface area contributed by atoms with Crippen LogP contribution in [0.15, 0.2) is 22.7 Å². The van der Waals surface area contributed by atoms with Crippen molar-refractivity contribution in [3.8, 4) is 5.75 Å². The summed E-state index contributed by atoms with van der Waals surface area (Å²) in [5, 5.41) is 3.18. The van der Waals surface area contributed by atoms with Gasteiger partial charge in [0.1, 0.15) is 17.5 Å². The Kier molecular flexibility index (Phi) is 4.47. The van der Waals surface area contributed by atoms with Gasteiger partial charge in [-0.05, 0) is 56.7 Å². The lowest BCUT2D eigenvalue weighted by Gasteiger charge is -2.28. The zero-order chi connectivity index (χ0) is 15.0. The molecule has 1 fully saturated rings. The van der Waals surface area contributed by atoms with Gasteiger partial charge < -0.3 is 14.8 Å². The second kappa shape index (κ2) is 5.66. The molecule has 1 aromatic carbocycles. The Labute approximate surface area is 130 Å². The van der Waals surface area contributed by atoms with E-state index in [2.05, 4.69) is 55.0 Å². The van der Waals surface area contributed by atoms with Gasteiger partial charge in [-0.15, -0.1) is 0 Å². The molecule has 0 radical (unpaired) electrons. The molecule has 1 N–H and O–H groups in total. The van der Waals surface area contributed by atoms with Crippen LogP contribution in [0.5, 0.6) is 5.75 Å². The van der Waals surface area contributed by atoms with Crippen LogP contribution in [-0.2, 0) is 11.3 Å². The first kappa shape index (κ1) is 15.8. The van der Waals surface area contributed by atoms with Gasteiger partial charge in [0.25, 0.3) is 0 Å². The van der Waals surface area contributed by atoms with Crippen molar-refractivity contribution in [3.63, 3.8) is 0 Å². The van der Waals surface area contributed by atoms with E-state index in [1.807, 2.05) is 19.2 Å². The van der Waals surface area contributed by atoms with Gasteiger partial charge in [0.15, 0.2) is 0 Å². The van der Waals surface area contributed by atoms with Gasteiger partial charge >= 0.3 is 0 Å². The topological polar surface area (TPSA) is 30.5 Å². The molecule has 3 nitrogen and oxygen atoms in total. The summed E-state index contributed by atoms with van der Waals surface area (Å²) in [6.45, 7) is 9.22. The van der Waals surface area contributed by atoms with Gasteiger partial charge in [0, 0.05) is 18.5 Å². The molecule has 0 aromatic heterocycles. The Morgan fingerprint density at radius 2 is 2.05 bits per heavy atom. The summed E-state index contributed by atoms with van der Waals surface area (Å²) in [6.07, 6.45) is 0.937. The smallest absolute Gasteiger partial charge is 0.138 e. The van der Waals surface area contributed by atoms with Crippen molar-refractivity contribution in [1.29, 1.82) is 0 Å². The molecule has 112 valence electrons. The highest BCUT2D eigenvalue weighted by Crippen LogP contribution is 2.41. The second-order valence-corrected chi connectivity index (χ2v) is 7.39. The lowest BCUT2D eigenvalue weighted by atomic mass is 9.97. The van der Waals surface area contributed by atoms with Crippen LogP contribution in [0.25, 0.3) is 0 Å². The normalized spacial score (nSPS) is 23.8. The number of hydrogen-bond acceptors (Lipinski definition) is 3. The Bertz CT molecular complexity index is 485. The van der Waals surface area contributed by atoms with Crippen LogP contribution in [0.4, 0.5) is 0 Å². The summed E-state index contributed by atoms with van der Waals surface area (Å²) in [5.74, 6) is 0.918. The Morgan fingerprint density at radius 3 is 2.60 bits per heavy atom. The quantitative estimate of drug-likeness (QED) is 0.900. The van der Waals surface area contributed by atoms with Crippen molar-refractivity contribution in [3.05, 3.63) is 28.2 Å². The Balaban J connectivity index is 2.26. The number of benzene rings is 1. The SMILES string of the molecule is CNCc1cccc(Br)c1OC1CC(C)(C)OC1(C)C. The van der Waals surface area contributed by atoms with E-state index in [0.717, 1.165) is 28.8 Å². The number of nitrogens with one attached hydrogen (secondary N) is 1. The zero-order valence-corrected chi connectivity index (χ0v) is 14.5. The van der Waals surface area contributed by atoms with Gasteiger partial charge in [0.2, 0.25) is 0 Å². The van der Waals surface area contributed by atoms with E-state index in [1.165, 1.54) is 0 Å². The van der Waals surface area contributed by atoms with E-state index in [0.29, 0.717) is 0 Å². The molecule has 1 aliphatic rings. The lowest BCUT2D eigenvalue weighted by Crippen LogP contribution is -2.37. The maximum Gasteiger partial charge on any atom is 0.138 e. The standard InChI is InChI=1S/C16H24BrNO2/c1-15(2)9-13(16(3,4)20-15)19-14-11(10-18-5)7-6-8-12(14)17/h6-8,13,18H,9-10H2,1-5H3. The van der Waals surface area contributed by atoms with Gasteiger partial charge in [-0.3, -0.25) is 0 Å². The van der Waals surface area contributed by atoms with Crippen molar-refractivity contribution < 1.29 is 9.47 Å². The minimum atomic E-state index is -0.282. The molecule has 1 unspecified atom stereocenters. The molecular weight excluding hydrogens is 318 g/mol. The molecule has 1 saturated heterocycles. The first-order valence-corrected chi connectivity index (χ1v) is 7.83. The van der Waals surface area contributed by atoms with Gasteiger partial charge in [0.05, 0.1) is 10.1 Å². The number of rotatable bonds is 4. The number of ether oxygens (including phenoxy) is 2. The number of halogens is 1. The fourth-order valence-electron chi connectivity index (χ4n) is 2.85. The summed E-state index contributed by atoms with van der Waals surface area (Å²) in [7, 11) is 1.94. The maximum absolute atomic E-state index is 6.33. The molecule has 0 saturated carbocycles. The van der Waals surface area contributed by atoms with Crippen molar-refractivity contribution in [2.75, 3.05) is 7.05 Å². The van der Waals surface area contributed by atoms with Crippen LogP contribution in [-0.4, -0.2) is 24.4 Å². The van der Waals surface area contributed by atoms with E-state index in [4.69, 9.17) is 9.47 Å². The van der Waals surface area contributed by atoms with Crippen LogP contribution in [0.3, 0.4) is 0 Å². The Hall–Kier alpha value is -0.580. The summed E-state index contributed by atoms with van der Waals surface area (Å²) in [6, 6.07) is 6.14. The van der Waals surface area contributed by atoms with Crippen LogP contribution in [0.2, 0.25) is 0 Å². The van der Waals surface area contributed by atoms with Crippen LogP contribution in [0.1, 0.15) is 39.7 Å². The molecular formula is C16H24BrNO2. The summed E-state index contributed by atoms with van der Waals surface area (Å²) >= 11 is 3.60. The van der Waals surface area contributed by atoms with Crippen LogP contribution in [0, 0.1) is 0 Å². The largest absolute Gasteiger partial charge is 0.486 e. The fourth-order valence-corrected chi connectivity index (χ4v) is 3.35. The van der Waals surface area contributed by atoms with E-state index in [-0.39, 0.29) is 17.3 Å². The predicted octanol–water partition coefficient (Wildman–Crippen LogP) is 3.89. The van der Waals surface area contributed by atoms with Crippen molar-refractivity contribution in [1.82, 2.24) is 5.32 Å². The third-order valence-electron chi connectivity index (χ3n) is 3.67. The predicted molar refractivity (Wildman–Crippen MR) is 85.2 cm³/mol. The molecule has 1 aliphatic heterocycles. The fraction of sp³-hybridized carbons (Fsp3) is 0.625. The van der Waals surface area contributed by atoms with Gasteiger partial charge in [-0.25, -0.2) is 0 Å². The number of para-hydroxylation sites is 1. The minimum Gasteiger partial charge on any atom is -0.486 e. The van der Waals surface area contributed by atoms with Crippen molar-refractivity contribution in [2.45, 2.75) is 58.0 Å². The second-order valence-electron chi connectivity index (χ2n) is 6.53. The van der Waals surface area contributed by atoms with Crippen molar-refractivity contribution in [2.24, 2.45) is 0 Å². The number of hydrogen-bond donors (Lipinski definition) is 1. The molecule has 2 rings (SSSR count). The first-order chi connectivity index (χ1) is 9.25. The van der Waals surface area contributed by atoms with E-state index >= 15 is 0 Å². The summed E-state index contributed by atoms with van der Waals surface area (Å²) in [5.41, 5.74) is 0.733. The third-order valence-corrected chi connectivity index (χ3v) is 4.29. The van der Waals surface area contributed by atoms with E-state index < -0.39 is 0 Å². The highest BCUT2D eigenvalue weighted by atomic mass is 79.9. The minimum absolute atomic E-state index is 0.0480. The van der Waals surface area contributed by atoms with E-state index in [1.54, 1.807) is 0 Å². The molecule has 0 spiro atoms. The Morgan fingerprint density at radius 1 is 1.35 bits per heavy atom. The van der Waals surface area contributed by atoms with Gasteiger partial charge in [-0.1, -0.05) is 12.1 Å². The molecule has 20 heavy (non-hydrogen) atoms. The zero-order valence-electron chi connectivity index (χ0n) is 12.9. The summed E-state index contributed by atoms with van der Waals surface area (Å²) in [4.78, 5) is 0. The first-order valence-electron chi connectivity index (χ1n) is 7.04. The maximum atomic E-state index is 6.33. The van der Waals surface area contributed by atoms with E-state index in [9.17, 15) is 0 Å². The molecule has 0 amide bonds. The summed E-state index contributed by atoms with van der Waals surface area (Å²) < 4.78 is 13.4. The highest BCUT2D eigenvalue weighted by molar-refractivity contribution is 9.10. The molecule has 4 heteroatoms. The lowest BCUT2D eigenvalue weighted by molar-refractivity contribution is -0.0847. The molecule has 0 aliphatic carbocycles. The van der Waals surface area contributed by atoms with Crippen LogP contribution < -0.4 is 10.1 Å². The molecule has 0 bridgehead atoms. The molecule has 1 heterocycles. The molecule has 1 atom stereocenters.